The van der Waals surface area contributed by atoms with Gasteiger partial charge in [0.1, 0.15) is 0 Å². The van der Waals surface area contributed by atoms with Gasteiger partial charge in [-0.2, -0.15) is 0 Å². The molecular formula is C13H13F2NO3. The first-order chi connectivity index (χ1) is 8.93. The Balaban J connectivity index is 2.01. The molecule has 0 saturated heterocycles. The number of benzene rings is 1. The van der Waals surface area contributed by atoms with Crippen LogP contribution in [0, 0.1) is 17.0 Å². The van der Waals surface area contributed by atoms with Crippen molar-refractivity contribution in [2.45, 2.75) is 25.7 Å². The number of carbonyl (C=O) groups is 2. The molecule has 0 spiro atoms. The maximum absolute atomic E-state index is 13.0. The van der Waals surface area contributed by atoms with Gasteiger partial charge in [0.2, 0.25) is 5.91 Å². The quantitative estimate of drug-likeness (QED) is 0.882. The van der Waals surface area contributed by atoms with Crippen LogP contribution in [-0.2, 0) is 9.59 Å². The van der Waals surface area contributed by atoms with Gasteiger partial charge < -0.3 is 10.4 Å². The summed E-state index contributed by atoms with van der Waals surface area (Å²) in [6, 6.07) is 2.99. The summed E-state index contributed by atoms with van der Waals surface area (Å²) < 4.78 is 25.7. The summed E-state index contributed by atoms with van der Waals surface area (Å²) in [5.41, 5.74) is -0.883. The zero-order chi connectivity index (χ0) is 14.0. The molecule has 1 aliphatic rings. The van der Waals surface area contributed by atoms with Crippen molar-refractivity contribution in [3.8, 4) is 0 Å². The van der Waals surface area contributed by atoms with E-state index in [0.29, 0.717) is 12.8 Å². The third kappa shape index (κ3) is 2.72. The first-order valence-electron chi connectivity index (χ1n) is 5.91. The molecule has 2 N–H and O–H groups in total. The normalized spacial score (nSPS) is 16.5. The van der Waals surface area contributed by atoms with Crippen molar-refractivity contribution in [2.75, 3.05) is 5.32 Å². The second-order valence-corrected chi connectivity index (χ2v) is 4.79. The number of rotatable bonds is 4. The summed E-state index contributed by atoms with van der Waals surface area (Å²) in [5, 5.41) is 11.5. The Morgan fingerprint density at radius 2 is 1.95 bits per heavy atom. The van der Waals surface area contributed by atoms with E-state index in [9.17, 15) is 18.4 Å². The average Bonchev–Trinajstić information content (AvgIpc) is 2.28. The standard InChI is InChI=1S/C13H13F2NO3/c14-9-3-2-8(6-10(9)15)16-11(17)7-13(12(18)19)4-1-5-13/h2-3,6H,1,4-5,7H2,(H,16,17)(H,18,19). The largest absolute Gasteiger partial charge is 0.481 e. The minimum atomic E-state index is -1.06. The topological polar surface area (TPSA) is 66.4 Å². The maximum atomic E-state index is 13.0. The molecule has 2 rings (SSSR count). The van der Waals surface area contributed by atoms with Crippen LogP contribution in [0.25, 0.3) is 0 Å². The molecule has 1 saturated carbocycles. The molecule has 1 aliphatic carbocycles. The number of hydrogen-bond donors (Lipinski definition) is 2. The predicted octanol–water partition coefficient (Wildman–Crippen LogP) is 2.55. The van der Waals surface area contributed by atoms with E-state index in [-0.39, 0.29) is 12.1 Å². The summed E-state index contributed by atoms with van der Waals surface area (Å²) in [4.78, 5) is 22.8. The lowest BCUT2D eigenvalue weighted by atomic mass is 9.66. The number of hydrogen-bond acceptors (Lipinski definition) is 2. The van der Waals surface area contributed by atoms with E-state index in [0.717, 1.165) is 18.6 Å². The van der Waals surface area contributed by atoms with Crippen LogP contribution >= 0.6 is 0 Å². The Labute approximate surface area is 108 Å². The molecule has 0 unspecified atom stereocenters. The lowest BCUT2D eigenvalue weighted by molar-refractivity contribution is -0.157. The third-order valence-electron chi connectivity index (χ3n) is 3.47. The highest BCUT2D eigenvalue weighted by atomic mass is 19.2. The molecule has 1 amide bonds. The zero-order valence-corrected chi connectivity index (χ0v) is 10.1. The summed E-state index contributed by atoms with van der Waals surface area (Å²) in [6.07, 6.45) is 1.56. The Morgan fingerprint density at radius 3 is 2.42 bits per heavy atom. The van der Waals surface area contributed by atoms with Gasteiger partial charge in [-0.1, -0.05) is 6.42 Å². The Morgan fingerprint density at radius 1 is 1.26 bits per heavy atom. The van der Waals surface area contributed by atoms with Crippen molar-refractivity contribution in [3.63, 3.8) is 0 Å². The Bertz CT molecular complexity index is 527. The molecule has 0 aromatic heterocycles. The van der Waals surface area contributed by atoms with E-state index >= 15 is 0 Å². The number of anilines is 1. The van der Waals surface area contributed by atoms with Gasteiger partial charge in [-0.05, 0) is 25.0 Å². The number of halogens is 2. The highest BCUT2D eigenvalue weighted by molar-refractivity contribution is 5.94. The van der Waals surface area contributed by atoms with E-state index in [1.165, 1.54) is 6.07 Å². The van der Waals surface area contributed by atoms with Gasteiger partial charge in [0.25, 0.3) is 0 Å². The molecule has 6 heteroatoms. The molecule has 1 aromatic rings. The van der Waals surface area contributed by atoms with Gasteiger partial charge in [-0.15, -0.1) is 0 Å². The van der Waals surface area contributed by atoms with Gasteiger partial charge in [-0.25, -0.2) is 8.78 Å². The lowest BCUT2D eigenvalue weighted by Gasteiger charge is -2.36. The van der Waals surface area contributed by atoms with Crippen molar-refractivity contribution in [1.82, 2.24) is 0 Å². The molecule has 102 valence electrons. The molecule has 0 atom stereocenters. The predicted molar refractivity (Wildman–Crippen MR) is 63.5 cm³/mol. The second kappa shape index (κ2) is 4.95. The van der Waals surface area contributed by atoms with Gasteiger partial charge in [0, 0.05) is 18.2 Å². The highest BCUT2D eigenvalue weighted by Gasteiger charge is 2.45. The van der Waals surface area contributed by atoms with E-state index in [2.05, 4.69) is 5.32 Å². The summed E-state index contributed by atoms with van der Waals surface area (Å²) in [5.74, 6) is -3.55. The van der Waals surface area contributed by atoms with Crippen molar-refractivity contribution < 1.29 is 23.5 Å². The van der Waals surface area contributed by atoms with Crippen LogP contribution in [0.5, 0.6) is 0 Å². The highest BCUT2D eigenvalue weighted by Crippen LogP contribution is 2.44. The third-order valence-corrected chi connectivity index (χ3v) is 3.47. The first kappa shape index (κ1) is 13.5. The van der Waals surface area contributed by atoms with Crippen LogP contribution in [0.3, 0.4) is 0 Å². The average molecular weight is 269 g/mol. The smallest absolute Gasteiger partial charge is 0.310 e. The first-order valence-corrected chi connectivity index (χ1v) is 5.91. The molecule has 0 aliphatic heterocycles. The van der Waals surface area contributed by atoms with Crippen molar-refractivity contribution in [3.05, 3.63) is 29.8 Å². The van der Waals surface area contributed by atoms with Crippen LogP contribution in [-0.4, -0.2) is 17.0 Å². The van der Waals surface area contributed by atoms with Crippen LogP contribution in [0.15, 0.2) is 18.2 Å². The summed E-state index contributed by atoms with van der Waals surface area (Å²) in [6.45, 7) is 0. The number of carbonyl (C=O) groups excluding carboxylic acids is 1. The summed E-state index contributed by atoms with van der Waals surface area (Å²) >= 11 is 0. The fourth-order valence-electron chi connectivity index (χ4n) is 2.16. The molecule has 1 fully saturated rings. The van der Waals surface area contributed by atoms with Crippen molar-refractivity contribution in [2.24, 2.45) is 5.41 Å². The number of carboxylic acids is 1. The van der Waals surface area contributed by atoms with E-state index in [4.69, 9.17) is 5.11 Å². The number of aliphatic carboxylic acids is 1. The second-order valence-electron chi connectivity index (χ2n) is 4.79. The van der Waals surface area contributed by atoms with Crippen LogP contribution in [0.2, 0.25) is 0 Å². The molecule has 19 heavy (non-hydrogen) atoms. The minimum absolute atomic E-state index is 0.115. The number of carboxylic acid groups (broad SMARTS) is 1. The minimum Gasteiger partial charge on any atom is -0.481 e. The molecule has 0 radical (unpaired) electrons. The van der Waals surface area contributed by atoms with Crippen LogP contribution in [0.1, 0.15) is 25.7 Å². The Hall–Kier alpha value is -1.98. The molecular weight excluding hydrogens is 256 g/mol. The van der Waals surface area contributed by atoms with Crippen molar-refractivity contribution in [1.29, 1.82) is 0 Å². The van der Waals surface area contributed by atoms with Crippen LogP contribution < -0.4 is 5.32 Å². The number of nitrogens with one attached hydrogen (secondary N) is 1. The monoisotopic (exact) mass is 269 g/mol. The maximum Gasteiger partial charge on any atom is 0.310 e. The molecule has 0 bridgehead atoms. The van der Waals surface area contributed by atoms with Crippen LogP contribution in [0.4, 0.5) is 14.5 Å². The molecule has 0 heterocycles. The fraction of sp³-hybridized carbons (Fsp3) is 0.385. The zero-order valence-electron chi connectivity index (χ0n) is 10.1. The molecule has 4 nitrogen and oxygen atoms in total. The van der Waals surface area contributed by atoms with Crippen molar-refractivity contribution >= 4 is 17.6 Å². The fourth-order valence-corrected chi connectivity index (χ4v) is 2.16. The van der Waals surface area contributed by atoms with Gasteiger partial charge in [0.15, 0.2) is 11.6 Å². The molecule has 1 aromatic carbocycles. The van der Waals surface area contributed by atoms with Gasteiger partial charge >= 0.3 is 5.97 Å². The SMILES string of the molecule is O=C(CC1(C(=O)O)CCC1)Nc1ccc(F)c(F)c1. The van der Waals surface area contributed by atoms with E-state index < -0.39 is 28.9 Å². The number of amides is 1. The van der Waals surface area contributed by atoms with E-state index in [1.807, 2.05) is 0 Å². The van der Waals surface area contributed by atoms with E-state index in [1.54, 1.807) is 0 Å². The van der Waals surface area contributed by atoms with Gasteiger partial charge in [0.05, 0.1) is 5.41 Å². The lowest BCUT2D eigenvalue weighted by Crippen LogP contribution is -2.41. The Kier molecular flexibility index (Phi) is 3.50. The van der Waals surface area contributed by atoms with Gasteiger partial charge in [-0.3, -0.25) is 9.59 Å². The summed E-state index contributed by atoms with van der Waals surface area (Å²) in [7, 11) is 0.